The fourth-order valence-electron chi connectivity index (χ4n) is 1.62. The molecule has 0 saturated carbocycles. The van der Waals surface area contributed by atoms with E-state index in [9.17, 15) is 9.18 Å². The van der Waals surface area contributed by atoms with Crippen molar-refractivity contribution >= 4 is 5.78 Å². The molecule has 2 rings (SSSR count). The van der Waals surface area contributed by atoms with Crippen molar-refractivity contribution in [2.45, 2.75) is 12.5 Å². The molecule has 1 unspecified atom stereocenters. The zero-order valence-corrected chi connectivity index (χ0v) is 8.78. The van der Waals surface area contributed by atoms with Crippen molar-refractivity contribution in [3.63, 3.8) is 0 Å². The van der Waals surface area contributed by atoms with Crippen LogP contribution >= 0.6 is 0 Å². The Kier molecular flexibility index (Phi) is 3.58. The van der Waals surface area contributed by atoms with E-state index >= 15 is 0 Å². The van der Waals surface area contributed by atoms with Gasteiger partial charge in [0.2, 0.25) is 0 Å². The number of hydrogen-bond donors (Lipinski definition) is 1. The quantitative estimate of drug-likeness (QED) is 0.771. The SMILES string of the molecule is O=C(CC1COCCN1)c1ccc(F)cn1. The second kappa shape index (κ2) is 5.14. The highest BCUT2D eigenvalue weighted by Gasteiger charge is 2.18. The molecule has 1 fully saturated rings. The summed E-state index contributed by atoms with van der Waals surface area (Å²) in [5, 5.41) is 3.18. The predicted molar refractivity (Wildman–Crippen MR) is 55.8 cm³/mol. The van der Waals surface area contributed by atoms with Crippen LogP contribution in [0.5, 0.6) is 0 Å². The topological polar surface area (TPSA) is 51.2 Å². The first-order chi connectivity index (χ1) is 7.75. The van der Waals surface area contributed by atoms with E-state index in [1.807, 2.05) is 0 Å². The van der Waals surface area contributed by atoms with E-state index in [0.717, 1.165) is 12.7 Å². The van der Waals surface area contributed by atoms with Gasteiger partial charge in [0.1, 0.15) is 11.5 Å². The van der Waals surface area contributed by atoms with Crippen LogP contribution in [0.15, 0.2) is 18.3 Å². The number of nitrogens with one attached hydrogen (secondary N) is 1. The third kappa shape index (κ3) is 2.84. The summed E-state index contributed by atoms with van der Waals surface area (Å²) < 4.78 is 17.8. The maximum atomic E-state index is 12.6. The van der Waals surface area contributed by atoms with Gasteiger partial charge in [-0.3, -0.25) is 9.78 Å². The number of halogens is 1. The second-order valence-corrected chi connectivity index (χ2v) is 3.71. The maximum absolute atomic E-state index is 12.6. The smallest absolute Gasteiger partial charge is 0.182 e. The molecular weight excluding hydrogens is 211 g/mol. The maximum Gasteiger partial charge on any atom is 0.182 e. The van der Waals surface area contributed by atoms with E-state index < -0.39 is 5.82 Å². The summed E-state index contributed by atoms with van der Waals surface area (Å²) in [6, 6.07) is 2.68. The highest BCUT2D eigenvalue weighted by atomic mass is 19.1. The highest BCUT2D eigenvalue weighted by Crippen LogP contribution is 2.06. The van der Waals surface area contributed by atoms with Crippen LogP contribution < -0.4 is 5.32 Å². The standard InChI is InChI=1S/C11H13FN2O2/c12-8-1-2-10(14-6-8)11(15)5-9-7-16-4-3-13-9/h1-2,6,9,13H,3-5,7H2. The Labute approximate surface area is 92.8 Å². The normalized spacial score (nSPS) is 20.7. The highest BCUT2D eigenvalue weighted by molar-refractivity contribution is 5.94. The van der Waals surface area contributed by atoms with Gasteiger partial charge in [-0.2, -0.15) is 0 Å². The van der Waals surface area contributed by atoms with Crippen LogP contribution in [-0.2, 0) is 4.74 Å². The minimum atomic E-state index is -0.435. The van der Waals surface area contributed by atoms with Gasteiger partial charge in [-0.05, 0) is 12.1 Å². The number of morpholine rings is 1. The lowest BCUT2D eigenvalue weighted by molar-refractivity contribution is 0.0674. The first kappa shape index (κ1) is 11.2. The summed E-state index contributed by atoms with van der Waals surface area (Å²) >= 11 is 0. The molecule has 16 heavy (non-hydrogen) atoms. The Morgan fingerprint density at radius 3 is 3.12 bits per heavy atom. The van der Waals surface area contributed by atoms with Gasteiger partial charge in [0.15, 0.2) is 5.78 Å². The number of carbonyl (C=O) groups excluding carboxylic acids is 1. The number of rotatable bonds is 3. The van der Waals surface area contributed by atoms with Gasteiger partial charge >= 0.3 is 0 Å². The van der Waals surface area contributed by atoms with Gasteiger partial charge in [-0.1, -0.05) is 0 Å². The van der Waals surface area contributed by atoms with Gasteiger partial charge in [0.25, 0.3) is 0 Å². The number of ketones is 1. The van der Waals surface area contributed by atoms with Crippen molar-refractivity contribution in [1.82, 2.24) is 10.3 Å². The summed E-state index contributed by atoms with van der Waals surface area (Å²) in [7, 11) is 0. The van der Waals surface area contributed by atoms with Crippen molar-refractivity contribution in [3.05, 3.63) is 29.8 Å². The van der Waals surface area contributed by atoms with Gasteiger partial charge in [-0.15, -0.1) is 0 Å². The lowest BCUT2D eigenvalue weighted by Gasteiger charge is -2.22. The molecule has 2 heterocycles. The Balaban J connectivity index is 1.94. The third-order valence-electron chi connectivity index (χ3n) is 2.44. The summed E-state index contributed by atoms with van der Waals surface area (Å²) in [6.45, 7) is 1.97. The zero-order chi connectivity index (χ0) is 11.4. The molecule has 0 spiro atoms. The average Bonchev–Trinajstić information content (AvgIpc) is 2.31. The molecule has 0 bridgehead atoms. The van der Waals surface area contributed by atoms with E-state index in [1.165, 1.54) is 12.1 Å². The van der Waals surface area contributed by atoms with E-state index in [2.05, 4.69) is 10.3 Å². The van der Waals surface area contributed by atoms with Crippen LogP contribution in [0.3, 0.4) is 0 Å². The van der Waals surface area contributed by atoms with Gasteiger partial charge in [0.05, 0.1) is 19.4 Å². The first-order valence-electron chi connectivity index (χ1n) is 5.21. The van der Waals surface area contributed by atoms with E-state index in [-0.39, 0.29) is 11.8 Å². The predicted octanol–water partition coefficient (Wildman–Crippen LogP) is 0.782. The Morgan fingerprint density at radius 1 is 1.62 bits per heavy atom. The van der Waals surface area contributed by atoms with Gasteiger partial charge in [0, 0.05) is 19.0 Å². The number of carbonyl (C=O) groups is 1. The lowest BCUT2D eigenvalue weighted by atomic mass is 10.1. The van der Waals surface area contributed by atoms with Crippen molar-refractivity contribution in [1.29, 1.82) is 0 Å². The number of hydrogen-bond acceptors (Lipinski definition) is 4. The van der Waals surface area contributed by atoms with Gasteiger partial charge < -0.3 is 10.1 Å². The summed E-state index contributed by atoms with van der Waals surface area (Å²) in [4.78, 5) is 15.5. The summed E-state index contributed by atoms with van der Waals surface area (Å²) in [5.41, 5.74) is 0.300. The first-order valence-corrected chi connectivity index (χ1v) is 5.21. The van der Waals surface area contributed by atoms with E-state index in [0.29, 0.717) is 25.3 Å². The van der Waals surface area contributed by atoms with Crippen LogP contribution in [0, 0.1) is 5.82 Å². The van der Waals surface area contributed by atoms with E-state index in [1.54, 1.807) is 0 Å². The number of nitrogens with zero attached hydrogens (tertiary/aromatic N) is 1. The molecular formula is C11H13FN2O2. The van der Waals surface area contributed by atoms with Gasteiger partial charge in [-0.25, -0.2) is 4.39 Å². The number of pyridine rings is 1. The Hall–Kier alpha value is -1.33. The fraction of sp³-hybridized carbons (Fsp3) is 0.455. The van der Waals surface area contributed by atoms with Crippen molar-refractivity contribution in [2.75, 3.05) is 19.8 Å². The Morgan fingerprint density at radius 2 is 2.50 bits per heavy atom. The van der Waals surface area contributed by atoms with Crippen LogP contribution in [0.25, 0.3) is 0 Å². The molecule has 1 saturated heterocycles. The van der Waals surface area contributed by atoms with Crippen molar-refractivity contribution in [2.24, 2.45) is 0 Å². The fourth-order valence-corrected chi connectivity index (χ4v) is 1.62. The van der Waals surface area contributed by atoms with E-state index in [4.69, 9.17) is 4.74 Å². The lowest BCUT2D eigenvalue weighted by Crippen LogP contribution is -2.42. The molecule has 4 nitrogen and oxygen atoms in total. The van der Waals surface area contributed by atoms with Crippen LogP contribution in [0.2, 0.25) is 0 Å². The number of ether oxygens (including phenoxy) is 1. The minimum Gasteiger partial charge on any atom is -0.378 e. The largest absolute Gasteiger partial charge is 0.378 e. The molecule has 0 aromatic carbocycles. The average molecular weight is 224 g/mol. The van der Waals surface area contributed by atoms with Crippen LogP contribution in [0.1, 0.15) is 16.9 Å². The molecule has 1 N–H and O–H groups in total. The third-order valence-corrected chi connectivity index (χ3v) is 2.44. The molecule has 5 heteroatoms. The summed E-state index contributed by atoms with van der Waals surface area (Å²) in [6.07, 6.45) is 1.39. The van der Waals surface area contributed by atoms with Crippen LogP contribution in [-0.4, -0.2) is 36.6 Å². The molecule has 1 aromatic heterocycles. The second-order valence-electron chi connectivity index (χ2n) is 3.71. The van der Waals surface area contributed by atoms with Crippen LogP contribution in [0.4, 0.5) is 4.39 Å². The molecule has 86 valence electrons. The summed E-state index contributed by atoms with van der Waals surface area (Å²) in [5.74, 6) is -0.529. The molecule has 0 aliphatic carbocycles. The number of Topliss-reactive ketones (excluding diaryl/α,β-unsaturated/α-hetero) is 1. The molecule has 0 amide bonds. The molecule has 1 atom stereocenters. The molecule has 1 aliphatic rings. The van der Waals surface area contributed by atoms with Crippen molar-refractivity contribution in [3.8, 4) is 0 Å². The molecule has 1 aromatic rings. The van der Waals surface area contributed by atoms with Crippen molar-refractivity contribution < 1.29 is 13.9 Å². The number of aromatic nitrogens is 1. The Bertz CT molecular complexity index is 361. The zero-order valence-electron chi connectivity index (χ0n) is 8.78. The molecule has 1 aliphatic heterocycles. The molecule has 0 radical (unpaired) electrons. The minimum absolute atomic E-state index is 0.0353. The monoisotopic (exact) mass is 224 g/mol.